The maximum absolute atomic E-state index is 5.66. The largest absolute Gasteiger partial charge is 0.224 e. The molecule has 1 aromatic rings. The molecule has 0 unspecified atom stereocenters. The Balaban J connectivity index is 2.98. The Bertz CT molecular complexity index is 251. The minimum atomic E-state index is 0.425. The van der Waals surface area contributed by atoms with Gasteiger partial charge in [-0.2, -0.15) is 0 Å². The maximum atomic E-state index is 5.66. The average molecular weight is 188 g/mol. The van der Waals surface area contributed by atoms with E-state index in [4.69, 9.17) is 23.2 Å². The molecule has 1 nitrogen and oxygen atoms in total. The van der Waals surface area contributed by atoms with E-state index >= 15 is 0 Å². The predicted octanol–water partition coefficient (Wildman–Crippen LogP) is 3.12. The third-order valence-corrected chi connectivity index (χ3v) is 1.59. The summed E-state index contributed by atoms with van der Waals surface area (Å²) in [6.45, 7) is 3.61. The second kappa shape index (κ2) is 3.74. The Morgan fingerprint density at radius 3 is 2.36 bits per heavy atom. The molecule has 0 saturated heterocycles. The van der Waals surface area contributed by atoms with Crippen LogP contribution in [0.1, 0.15) is 5.56 Å². The summed E-state index contributed by atoms with van der Waals surface area (Å²) >= 11 is 11.3. The van der Waals surface area contributed by atoms with Crippen LogP contribution < -0.4 is 0 Å². The molecule has 11 heavy (non-hydrogen) atoms. The molecular formula is C8H7Cl2N. The number of hydrogen-bond donors (Lipinski definition) is 0. The van der Waals surface area contributed by atoms with E-state index in [1.807, 2.05) is 0 Å². The molecule has 0 aromatic carbocycles. The molecule has 0 aliphatic rings. The lowest BCUT2D eigenvalue weighted by Crippen LogP contribution is -1.83. The van der Waals surface area contributed by atoms with Crippen molar-refractivity contribution in [3.05, 3.63) is 40.7 Å². The van der Waals surface area contributed by atoms with Crippen LogP contribution in [0.4, 0.5) is 0 Å². The molecule has 3 heteroatoms. The van der Waals surface area contributed by atoms with E-state index in [-0.39, 0.29) is 0 Å². The van der Waals surface area contributed by atoms with Crippen LogP contribution in [0.15, 0.2) is 24.8 Å². The summed E-state index contributed by atoms with van der Waals surface area (Å²) in [5, 5.41) is 0.851. The first kappa shape index (κ1) is 8.57. The summed E-state index contributed by atoms with van der Waals surface area (Å²) < 4.78 is 0. The first-order valence-corrected chi connectivity index (χ1v) is 3.91. The van der Waals surface area contributed by atoms with E-state index in [0.717, 1.165) is 12.0 Å². The summed E-state index contributed by atoms with van der Waals surface area (Å²) in [7, 11) is 0. The van der Waals surface area contributed by atoms with Gasteiger partial charge in [0.25, 0.3) is 0 Å². The quantitative estimate of drug-likeness (QED) is 0.513. The van der Waals surface area contributed by atoms with Gasteiger partial charge in [0.1, 0.15) is 10.3 Å². The minimum absolute atomic E-state index is 0.425. The highest BCUT2D eigenvalue weighted by Crippen LogP contribution is 2.14. The smallest absolute Gasteiger partial charge is 0.131 e. The van der Waals surface area contributed by atoms with E-state index in [9.17, 15) is 0 Å². The maximum Gasteiger partial charge on any atom is 0.131 e. The summed E-state index contributed by atoms with van der Waals surface area (Å²) in [4.78, 5) is 3.81. The molecule has 0 N–H and O–H groups in total. The van der Waals surface area contributed by atoms with E-state index in [1.165, 1.54) is 0 Å². The van der Waals surface area contributed by atoms with Crippen molar-refractivity contribution < 1.29 is 0 Å². The van der Waals surface area contributed by atoms with Crippen LogP contribution in [0, 0.1) is 0 Å². The molecule has 0 aliphatic heterocycles. The molecule has 0 spiro atoms. The lowest BCUT2D eigenvalue weighted by molar-refractivity contribution is 1.21. The van der Waals surface area contributed by atoms with Gasteiger partial charge in [-0.3, -0.25) is 0 Å². The predicted molar refractivity (Wildman–Crippen MR) is 48.2 cm³/mol. The zero-order chi connectivity index (χ0) is 8.27. The number of pyridine rings is 1. The Hall–Kier alpha value is -0.530. The van der Waals surface area contributed by atoms with Crippen LogP contribution in [-0.2, 0) is 6.42 Å². The van der Waals surface area contributed by atoms with Crippen molar-refractivity contribution in [1.29, 1.82) is 0 Å². The second-order valence-corrected chi connectivity index (χ2v) is 2.89. The van der Waals surface area contributed by atoms with Crippen LogP contribution in [-0.4, -0.2) is 4.98 Å². The van der Waals surface area contributed by atoms with Gasteiger partial charge in [0.15, 0.2) is 0 Å². The van der Waals surface area contributed by atoms with Gasteiger partial charge in [0.2, 0.25) is 0 Å². The topological polar surface area (TPSA) is 12.9 Å². The molecule has 0 fully saturated rings. The average Bonchev–Trinajstić information content (AvgIpc) is 1.85. The van der Waals surface area contributed by atoms with E-state index in [1.54, 1.807) is 18.2 Å². The van der Waals surface area contributed by atoms with Gasteiger partial charge >= 0.3 is 0 Å². The Kier molecular flexibility index (Phi) is 2.92. The number of aromatic nitrogens is 1. The normalized spacial score (nSPS) is 9.64. The number of halogens is 2. The highest BCUT2D eigenvalue weighted by atomic mass is 35.5. The van der Waals surface area contributed by atoms with Crippen molar-refractivity contribution in [2.24, 2.45) is 0 Å². The van der Waals surface area contributed by atoms with Crippen molar-refractivity contribution in [1.82, 2.24) is 4.98 Å². The van der Waals surface area contributed by atoms with Crippen molar-refractivity contribution in [2.75, 3.05) is 0 Å². The third-order valence-electron chi connectivity index (χ3n) is 1.20. The van der Waals surface area contributed by atoms with Gasteiger partial charge in [0.05, 0.1) is 0 Å². The zero-order valence-electron chi connectivity index (χ0n) is 5.85. The number of allylic oxidation sites excluding steroid dienone is 1. The second-order valence-electron chi connectivity index (χ2n) is 2.11. The Morgan fingerprint density at radius 2 is 1.91 bits per heavy atom. The van der Waals surface area contributed by atoms with Crippen molar-refractivity contribution in [3.8, 4) is 0 Å². The highest BCUT2D eigenvalue weighted by Gasteiger charge is 1.96. The van der Waals surface area contributed by atoms with Crippen LogP contribution in [0.2, 0.25) is 10.3 Å². The molecule has 1 aromatic heterocycles. The monoisotopic (exact) mass is 187 g/mol. The van der Waals surface area contributed by atoms with Crippen molar-refractivity contribution in [3.63, 3.8) is 0 Å². The van der Waals surface area contributed by atoms with Crippen molar-refractivity contribution >= 4 is 23.2 Å². The van der Waals surface area contributed by atoms with E-state index in [2.05, 4.69) is 11.6 Å². The highest BCUT2D eigenvalue weighted by molar-refractivity contribution is 6.32. The Labute approximate surface area is 75.7 Å². The van der Waals surface area contributed by atoms with Crippen molar-refractivity contribution in [2.45, 2.75) is 6.42 Å². The van der Waals surface area contributed by atoms with E-state index in [0.29, 0.717) is 10.3 Å². The lowest BCUT2D eigenvalue weighted by Gasteiger charge is -1.97. The molecule has 58 valence electrons. The molecule has 0 radical (unpaired) electrons. The van der Waals surface area contributed by atoms with Gasteiger partial charge < -0.3 is 0 Å². The zero-order valence-corrected chi connectivity index (χ0v) is 7.36. The molecule has 1 rings (SSSR count). The molecule has 1 heterocycles. The fourth-order valence-corrected chi connectivity index (χ4v) is 1.30. The SMILES string of the molecule is C=CCc1cc(Cl)nc(Cl)c1. The van der Waals surface area contributed by atoms with Gasteiger partial charge in [-0.05, 0) is 24.1 Å². The van der Waals surface area contributed by atoms with Crippen LogP contribution in [0.3, 0.4) is 0 Å². The number of hydrogen-bond acceptors (Lipinski definition) is 1. The molecule has 0 atom stereocenters. The summed E-state index contributed by atoms with van der Waals surface area (Å²) in [6, 6.07) is 3.55. The van der Waals surface area contributed by atoms with Crippen LogP contribution >= 0.6 is 23.2 Å². The van der Waals surface area contributed by atoms with Gasteiger partial charge in [-0.15, -0.1) is 6.58 Å². The molecule has 0 aliphatic carbocycles. The fraction of sp³-hybridized carbons (Fsp3) is 0.125. The van der Waals surface area contributed by atoms with Gasteiger partial charge in [0, 0.05) is 0 Å². The molecule has 0 bridgehead atoms. The molecule has 0 amide bonds. The summed E-state index contributed by atoms with van der Waals surface area (Å²) in [5.74, 6) is 0. The molecular weight excluding hydrogens is 181 g/mol. The summed E-state index contributed by atoms with van der Waals surface area (Å²) in [6.07, 6.45) is 2.56. The first-order valence-electron chi connectivity index (χ1n) is 3.15. The van der Waals surface area contributed by atoms with Crippen LogP contribution in [0.5, 0.6) is 0 Å². The first-order chi connectivity index (χ1) is 5.22. The van der Waals surface area contributed by atoms with Gasteiger partial charge in [-0.1, -0.05) is 29.3 Å². The fourth-order valence-electron chi connectivity index (χ4n) is 0.799. The van der Waals surface area contributed by atoms with Gasteiger partial charge in [-0.25, -0.2) is 4.98 Å². The number of nitrogens with zero attached hydrogens (tertiary/aromatic N) is 1. The lowest BCUT2D eigenvalue weighted by atomic mass is 10.2. The Morgan fingerprint density at radius 1 is 1.36 bits per heavy atom. The molecule has 0 saturated carbocycles. The van der Waals surface area contributed by atoms with E-state index < -0.39 is 0 Å². The third kappa shape index (κ3) is 2.52. The standard InChI is InChI=1S/C8H7Cl2N/c1-2-3-6-4-7(9)11-8(10)5-6/h2,4-5H,1,3H2. The number of rotatable bonds is 2. The minimum Gasteiger partial charge on any atom is -0.224 e. The van der Waals surface area contributed by atoms with Crippen LogP contribution in [0.25, 0.3) is 0 Å². The summed E-state index contributed by atoms with van der Waals surface area (Å²) in [5.41, 5.74) is 1.03.